The molecule has 19 heavy (non-hydrogen) atoms. The van der Waals surface area contributed by atoms with Crippen LogP contribution in [-0.4, -0.2) is 42.7 Å². The second-order valence-electron chi connectivity index (χ2n) is 3.88. The van der Waals surface area contributed by atoms with Gasteiger partial charge in [0, 0.05) is 26.2 Å². The average molecular weight is 270 g/mol. The molecule has 104 valence electrons. The zero-order chi connectivity index (χ0) is 14.6. The highest BCUT2D eigenvalue weighted by Crippen LogP contribution is 2.26. The first-order valence-electron chi connectivity index (χ1n) is 5.32. The van der Waals surface area contributed by atoms with Gasteiger partial charge in [-0.1, -0.05) is 0 Å². The summed E-state index contributed by atoms with van der Waals surface area (Å²) in [7, 11) is 2.44. The van der Waals surface area contributed by atoms with E-state index >= 15 is 0 Å². The third kappa shape index (κ3) is 2.79. The Labute approximate surface area is 109 Å². The summed E-state index contributed by atoms with van der Waals surface area (Å²) in [6, 6.07) is 0. The van der Waals surface area contributed by atoms with Crippen molar-refractivity contribution in [3.8, 4) is 0 Å². The number of allylic oxidation sites excluding steroid dienone is 1. The molecule has 0 aromatic carbocycles. The summed E-state index contributed by atoms with van der Waals surface area (Å²) in [5.41, 5.74) is -2.07. The summed E-state index contributed by atoms with van der Waals surface area (Å²) in [4.78, 5) is 33.4. The highest BCUT2D eigenvalue weighted by atomic mass is 16.6. The van der Waals surface area contributed by atoms with Gasteiger partial charge in [0.05, 0.1) is 12.0 Å². The fourth-order valence-electron chi connectivity index (χ4n) is 1.87. The Morgan fingerprint density at radius 3 is 2.53 bits per heavy atom. The third-order valence-electron chi connectivity index (χ3n) is 2.64. The van der Waals surface area contributed by atoms with Crippen LogP contribution < -0.4 is 5.32 Å². The Balaban J connectivity index is 3.36. The molecule has 1 aliphatic rings. The van der Waals surface area contributed by atoms with Crippen molar-refractivity contribution in [3.63, 3.8) is 0 Å². The van der Waals surface area contributed by atoms with Crippen molar-refractivity contribution in [2.45, 2.75) is 18.6 Å². The fraction of sp³-hybridized carbons (Fsp3) is 0.455. The smallest absolute Gasteiger partial charge is 0.339 e. The maximum absolute atomic E-state index is 11.9. The topological polar surface area (TPSA) is 108 Å². The van der Waals surface area contributed by atoms with E-state index in [2.05, 4.69) is 10.1 Å². The van der Waals surface area contributed by atoms with Gasteiger partial charge in [-0.15, -0.1) is 0 Å². The molecule has 0 radical (unpaired) electrons. The predicted octanol–water partition coefficient (Wildman–Crippen LogP) is -0.220. The minimum atomic E-state index is -1.74. The van der Waals surface area contributed by atoms with Gasteiger partial charge in [-0.3, -0.25) is 14.9 Å². The largest absolute Gasteiger partial charge is 0.467 e. The lowest BCUT2D eigenvalue weighted by Crippen LogP contribution is -2.61. The molecule has 0 saturated heterocycles. The van der Waals surface area contributed by atoms with Gasteiger partial charge >= 0.3 is 5.97 Å². The van der Waals surface area contributed by atoms with E-state index in [4.69, 9.17) is 4.74 Å². The van der Waals surface area contributed by atoms with Crippen molar-refractivity contribution < 1.29 is 24.0 Å². The van der Waals surface area contributed by atoms with E-state index < -0.39 is 28.4 Å². The molecule has 0 aromatic heterocycles. The summed E-state index contributed by atoms with van der Waals surface area (Å²) >= 11 is 0. The van der Waals surface area contributed by atoms with Gasteiger partial charge in [0.2, 0.25) is 5.91 Å². The van der Waals surface area contributed by atoms with Gasteiger partial charge in [-0.25, -0.2) is 4.79 Å². The van der Waals surface area contributed by atoms with Gasteiger partial charge in [-0.2, -0.15) is 0 Å². The molecule has 8 nitrogen and oxygen atoms in total. The average Bonchev–Trinajstić information content (AvgIpc) is 2.36. The first-order valence-corrected chi connectivity index (χ1v) is 5.32. The lowest BCUT2D eigenvalue weighted by molar-refractivity contribution is -0.420. The van der Waals surface area contributed by atoms with Crippen LogP contribution in [-0.2, 0) is 19.1 Å². The lowest BCUT2D eigenvalue weighted by atomic mass is 9.86. The van der Waals surface area contributed by atoms with Crippen LogP contribution in [0, 0.1) is 10.1 Å². The Bertz CT molecular complexity index is 470. The molecular weight excluding hydrogens is 256 g/mol. The Morgan fingerprint density at radius 1 is 1.47 bits per heavy atom. The van der Waals surface area contributed by atoms with Gasteiger partial charge in [-0.05, 0) is 6.08 Å². The highest BCUT2D eigenvalue weighted by Gasteiger charge is 2.49. The molecule has 2 unspecified atom stereocenters. The van der Waals surface area contributed by atoms with Crippen molar-refractivity contribution in [2.75, 3.05) is 14.2 Å². The molecule has 1 amide bonds. The molecule has 0 spiro atoms. The predicted molar refractivity (Wildman–Crippen MR) is 63.6 cm³/mol. The SMILES string of the molecule is COC(=O)C1(NC(C)=O)C=C([N+](=O)[O-])C=CC1OC. The second-order valence-corrected chi connectivity index (χ2v) is 3.88. The van der Waals surface area contributed by atoms with Crippen LogP contribution in [0.2, 0.25) is 0 Å². The van der Waals surface area contributed by atoms with Crippen LogP contribution in [0.3, 0.4) is 0 Å². The molecule has 8 heteroatoms. The van der Waals surface area contributed by atoms with Crippen LogP contribution in [0.5, 0.6) is 0 Å². The van der Waals surface area contributed by atoms with E-state index in [1.54, 1.807) is 0 Å². The summed E-state index contributed by atoms with van der Waals surface area (Å²) in [6.07, 6.45) is 2.66. The zero-order valence-electron chi connectivity index (χ0n) is 10.7. The van der Waals surface area contributed by atoms with Crippen molar-refractivity contribution in [3.05, 3.63) is 34.0 Å². The van der Waals surface area contributed by atoms with Crippen molar-refractivity contribution >= 4 is 11.9 Å². The van der Waals surface area contributed by atoms with Gasteiger partial charge < -0.3 is 14.8 Å². The number of hydrogen-bond donors (Lipinski definition) is 1. The second kappa shape index (κ2) is 5.61. The summed E-state index contributed by atoms with van der Waals surface area (Å²) in [5, 5.41) is 13.2. The quantitative estimate of drug-likeness (QED) is 0.430. The molecule has 0 bridgehead atoms. The van der Waals surface area contributed by atoms with Crippen LogP contribution >= 0.6 is 0 Å². The first kappa shape index (κ1) is 14.8. The minimum absolute atomic E-state index is 0.326. The highest BCUT2D eigenvalue weighted by molar-refractivity contribution is 5.91. The summed E-state index contributed by atoms with van der Waals surface area (Å²) in [6.45, 7) is 1.19. The molecule has 0 aromatic rings. The van der Waals surface area contributed by atoms with Crippen molar-refractivity contribution in [1.29, 1.82) is 0 Å². The van der Waals surface area contributed by atoms with Crippen LogP contribution in [0.1, 0.15) is 6.92 Å². The van der Waals surface area contributed by atoms with E-state index in [9.17, 15) is 19.7 Å². The van der Waals surface area contributed by atoms with Gasteiger partial charge in [0.1, 0.15) is 6.10 Å². The maximum Gasteiger partial charge on any atom is 0.339 e. The van der Waals surface area contributed by atoms with Crippen molar-refractivity contribution in [1.82, 2.24) is 5.32 Å². The normalized spacial score (nSPS) is 25.4. The van der Waals surface area contributed by atoms with E-state index in [0.717, 1.165) is 13.2 Å². The van der Waals surface area contributed by atoms with Crippen molar-refractivity contribution in [2.24, 2.45) is 0 Å². The molecule has 1 aliphatic carbocycles. The summed E-state index contributed by atoms with van der Waals surface area (Å²) in [5.74, 6) is -1.39. The van der Waals surface area contributed by atoms with Crippen LogP contribution in [0.15, 0.2) is 23.9 Å². The third-order valence-corrected chi connectivity index (χ3v) is 2.64. The number of nitro groups is 1. The molecule has 0 aliphatic heterocycles. The molecule has 1 N–H and O–H groups in total. The van der Waals surface area contributed by atoms with Gasteiger partial charge in [0.15, 0.2) is 5.54 Å². The minimum Gasteiger partial charge on any atom is -0.467 e. The standard InChI is InChI=1S/C11H14N2O6/c1-7(14)12-11(10(15)19-3)6-8(13(16)17)4-5-9(11)18-2/h4-6,9H,1-3H3,(H,12,14). The van der Waals surface area contributed by atoms with E-state index in [1.165, 1.54) is 26.2 Å². The number of rotatable bonds is 4. The zero-order valence-corrected chi connectivity index (χ0v) is 10.7. The Kier molecular flexibility index (Phi) is 4.38. The number of nitrogens with zero attached hydrogens (tertiary/aromatic N) is 1. The number of ether oxygens (including phenoxy) is 2. The molecule has 0 heterocycles. The summed E-state index contributed by atoms with van der Waals surface area (Å²) < 4.78 is 9.71. The lowest BCUT2D eigenvalue weighted by Gasteiger charge is -2.34. The fourth-order valence-corrected chi connectivity index (χ4v) is 1.87. The molecule has 1 rings (SSSR count). The number of carbonyl (C=O) groups excluding carboxylic acids is 2. The number of amides is 1. The number of hydrogen-bond acceptors (Lipinski definition) is 6. The van der Waals surface area contributed by atoms with E-state index in [0.29, 0.717) is 0 Å². The first-order chi connectivity index (χ1) is 8.87. The molecule has 0 fully saturated rings. The van der Waals surface area contributed by atoms with Crippen LogP contribution in [0.4, 0.5) is 0 Å². The van der Waals surface area contributed by atoms with Gasteiger partial charge in [0.25, 0.3) is 5.70 Å². The monoisotopic (exact) mass is 270 g/mol. The number of carbonyl (C=O) groups is 2. The maximum atomic E-state index is 11.9. The number of esters is 1. The number of nitrogens with one attached hydrogen (secondary N) is 1. The Morgan fingerprint density at radius 2 is 2.11 bits per heavy atom. The number of methoxy groups -OCH3 is 2. The molecule has 2 atom stereocenters. The molecule has 0 saturated carbocycles. The van der Waals surface area contributed by atoms with E-state index in [1.807, 2.05) is 0 Å². The molecular formula is C11H14N2O6. The van der Waals surface area contributed by atoms with Crippen LogP contribution in [0.25, 0.3) is 0 Å². The van der Waals surface area contributed by atoms with E-state index in [-0.39, 0.29) is 5.70 Å². The Hall–Kier alpha value is -2.22.